The van der Waals surface area contributed by atoms with E-state index >= 15 is 0 Å². The molecule has 1 aliphatic rings. The van der Waals surface area contributed by atoms with Crippen molar-refractivity contribution in [1.82, 2.24) is 0 Å². The van der Waals surface area contributed by atoms with Gasteiger partial charge in [-0.15, -0.1) is 0 Å². The molecule has 1 rings (SSSR count). The fourth-order valence-electron chi connectivity index (χ4n) is 2.02. The molecule has 0 unspecified atom stereocenters. The van der Waals surface area contributed by atoms with Crippen molar-refractivity contribution in [3.05, 3.63) is 12.2 Å². The summed E-state index contributed by atoms with van der Waals surface area (Å²) in [5, 5.41) is 9.64. The van der Waals surface area contributed by atoms with E-state index in [-0.39, 0.29) is 6.10 Å². The lowest BCUT2D eigenvalue weighted by Crippen LogP contribution is -2.20. The van der Waals surface area contributed by atoms with Gasteiger partial charge in [0, 0.05) is 0 Å². The predicted molar refractivity (Wildman–Crippen MR) is 56.6 cm³/mol. The minimum Gasteiger partial charge on any atom is -0.389 e. The van der Waals surface area contributed by atoms with Crippen molar-refractivity contribution in [1.29, 1.82) is 0 Å². The van der Waals surface area contributed by atoms with Gasteiger partial charge >= 0.3 is 0 Å². The van der Waals surface area contributed by atoms with Crippen LogP contribution in [0.15, 0.2) is 12.2 Å². The Hall–Kier alpha value is -0.300. The van der Waals surface area contributed by atoms with Gasteiger partial charge in [-0.25, -0.2) is 0 Å². The number of unbranched alkanes of at least 4 members (excludes halogenated alkanes) is 3. The normalized spacial score (nSPS) is 27.8. The summed E-state index contributed by atoms with van der Waals surface area (Å²) in [5.41, 5.74) is 0. The molecule has 1 nitrogen and oxygen atoms in total. The van der Waals surface area contributed by atoms with E-state index < -0.39 is 0 Å². The summed E-state index contributed by atoms with van der Waals surface area (Å²) in [6.45, 7) is 2.23. The van der Waals surface area contributed by atoms with E-state index in [2.05, 4.69) is 13.0 Å². The van der Waals surface area contributed by atoms with Gasteiger partial charge in [0.25, 0.3) is 0 Å². The van der Waals surface area contributed by atoms with Crippen LogP contribution < -0.4 is 0 Å². The molecule has 1 heteroatoms. The summed E-state index contributed by atoms with van der Waals surface area (Å²) in [4.78, 5) is 0. The van der Waals surface area contributed by atoms with E-state index in [9.17, 15) is 5.11 Å². The van der Waals surface area contributed by atoms with Crippen LogP contribution in [0, 0.1) is 5.92 Å². The largest absolute Gasteiger partial charge is 0.389 e. The van der Waals surface area contributed by atoms with E-state index in [1.165, 1.54) is 38.5 Å². The van der Waals surface area contributed by atoms with Gasteiger partial charge in [-0.1, -0.05) is 44.8 Å². The molecule has 76 valence electrons. The maximum absolute atomic E-state index is 9.64. The minimum absolute atomic E-state index is 0.157. The Morgan fingerprint density at radius 2 is 2.15 bits per heavy atom. The molecule has 0 aliphatic heterocycles. The van der Waals surface area contributed by atoms with Crippen molar-refractivity contribution in [2.45, 2.75) is 58.0 Å². The Morgan fingerprint density at radius 1 is 1.31 bits per heavy atom. The smallest absolute Gasteiger partial charge is 0.0749 e. The average molecular weight is 182 g/mol. The van der Waals surface area contributed by atoms with Gasteiger partial charge in [-0.2, -0.15) is 0 Å². The lowest BCUT2D eigenvalue weighted by molar-refractivity contribution is 0.132. The first-order valence-corrected chi connectivity index (χ1v) is 5.69. The standard InChI is InChI=1S/C12H22O/c1-2-3-4-5-8-11-9-6-7-10-12(11)13/h7,10-13H,2-6,8-9H2,1H3/t11-,12+/m1/s1. The van der Waals surface area contributed by atoms with Gasteiger partial charge < -0.3 is 5.11 Å². The van der Waals surface area contributed by atoms with Crippen molar-refractivity contribution in [2.24, 2.45) is 5.92 Å². The summed E-state index contributed by atoms with van der Waals surface area (Å²) >= 11 is 0. The summed E-state index contributed by atoms with van der Waals surface area (Å²) in [7, 11) is 0. The summed E-state index contributed by atoms with van der Waals surface area (Å²) in [5.74, 6) is 0.543. The van der Waals surface area contributed by atoms with Crippen LogP contribution in [0.2, 0.25) is 0 Å². The molecule has 0 heterocycles. The molecule has 0 fully saturated rings. The second-order valence-corrected chi connectivity index (χ2v) is 4.11. The number of aliphatic hydroxyl groups is 1. The van der Waals surface area contributed by atoms with E-state index in [0.29, 0.717) is 5.92 Å². The Morgan fingerprint density at radius 3 is 2.85 bits per heavy atom. The quantitative estimate of drug-likeness (QED) is 0.511. The number of rotatable bonds is 5. The third-order valence-corrected chi connectivity index (χ3v) is 2.95. The molecular formula is C12H22O. The topological polar surface area (TPSA) is 20.2 Å². The van der Waals surface area contributed by atoms with E-state index in [0.717, 1.165) is 6.42 Å². The summed E-state index contributed by atoms with van der Waals surface area (Å²) < 4.78 is 0. The molecule has 0 aromatic rings. The van der Waals surface area contributed by atoms with Gasteiger partial charge in [0.2, 0.25) is 0 Å². The van der Waals surface area contributed by atoms with Crippen LogP contribution in [0.25, 0.3) is 0 Å². The zero-order valence-electron chi connectivity index (χ0n) is 8.71. The molecular weight excluding hydrogens is 160 g/mol. The lowest BCUT2D eigenvalue weighted by Gasteiger charge is -2.23. The van der Waals surface area contributed by atoms with Crippen molar-refractivity contribution in [3.8, 4) is 0 Å². The monoisotopic (exact) mass is 182 g/mol. The van der Waals surface area contributed by atoms with Crippen molar-refractivity contribution in [2.75, 3.05) is 0 Å². The van der Waals surface area contributed by atoms with Crippen molar-refractivity contribution in [3.63, 3.8) is 0 Å². The number of allylic oxidation sites excluding steroid dienone is 1. The Labute approximate surface area is 81.9 Å². The highest BCUT2D eigenvalue weighted by Gasteiger charge is 2.18. The highest BCUT2D eigenvalue weighted by molar-refractivity contribution is 4.97. The average Bonchev–Trinajstić information content (AvgIpc) is 2.15. The van der Waals surface area contributed by atoms with Crippen LogP contribution in [-0.4, -0.2) is 11.2 Å². The first kappa shape index (κ1) is 10.8. The molecule has 1 N–H and O–H groups in total. The molecule has 0 amide bonds. The molecule has 2 atom stereocenters. The molecule has 0 bridgehead atoms. The van der Waals surface area contributed by atoms with Crippen molar-refractivity contribution >= 4 is 0 Å². The maximum atomic E-state index is 9.64. The van der Waals surface area contributed by atoms with Crippen molar-refractivity contribution < 1.29 is 5.11 Å². The molecule has 0 saturated heterocycles. The van der Waals surface area contributed by atoms with E-state index in [4.69, 9.17) is 0 Å². The van der Waals surface area contributed by atoms with Gasteiger partial charge in [-0.05, 0) is 25.2 Å². The minimum atomic E-state index is -0.157. The second kappa shape index (κ2) is 6.20. The molecule has 1 aliphatic carbocycles. The van der Waals surface area contributed by atoms with E-state index in [1.54, 1.807) is 0 Å². The second-order valence-electron chi connectivity index (χ2n) is 4.11. The third kappa shape index (κ3) is 3.95. The first-order valence-electron chi connectivity index (χ1n) is 5.69. The molecule has 0 spiro atoms. The summed E-state index contributed by atoms with van der Waals surface area (Å²) in [6, 6.07) is 0. The van der Waals surface area contributed by atoms with Crippen LogP contribution >= 0.6 is 0 Å². The van der Waals surface area contributed by atoms with Gasteiger partial charge in [-0.3, -0.25) is 0 Å². The van der Waals surface area contributed by atoms with Crippen LogP contribution in [0.3, 0.4) is 0 Å². The summed E-state index contributed by atoms with van der Waals surface area (Å²) in [6.07, 6.45) is 12.8. The molecule has 0 radical (unpaired) electrons. The highest BCUT2D eigenvalue weighted by Crippen LogP contribution is 2.24. The zero-order chi connectivity index (χ0) is 9.52. The molecule has 0 aromatic carbocycles. The predicted octanol–water partition coefficient (Wildman–Crippen LogP) is 3.28. The van der Waals surface area contributed by atoms with Gasteiger partial charge in [0.1, 0.15) is 0 Å². The Kier molecular flexibility index (Phi) is 5.14. The highest BCUT2D eigenvalue weighted by atomic mass is 16.3. The number of hydrogen-bond acceptors (Lipinski definition) is 1. The first-order chi connectivity index (χ1) is 6.34. The Bertz CT molecular complexity index is 151. The maximum Gasteiger partial charge on any atom is 0.0749 e. The van der Waals surface area contributed by atoms with Crippen LogP contribution in [-0.2, 0) is 0 Å². The number of aliphatic hydroxyl groups excluding tert-OH is 1. The lowest BCUT2D eigenvalue weighted by atomic mass is 9.87. The fraction of sp³-hybridized carbons (Fsp3) is 0.833. The third-order valence-electron chi connectivity index (χ3n) is 2.95. The van der Waals surface area contributed by atoms with Crippen LogP contribution in [0.5, 0.6) is 0 Å². The van der Waals surface area contributed by atoms with E-state index in [1.807, 2.05) is 6.08 Å². The number of hydrogen-bond donors (Lipinski definition) is 1. The van der Waals surface area contributed by atoms with Crippen LogP contribution in [0.1, 0.15) is 51.9 Å². The van der Waals surface area contributed by atoms with Crippen LogP contribution in [0.4, 0.5) is 0 Å². The Balaban J connectivity index is 2.10. The van der Waals surface area contributed by atoms with Gasteiger partial charge in [0.15, 0.2) is 0 Å². The zero-order valence-corrected chi connectivity index (χ0v) is 8.71. The molecule has 0 aromatic heterocycles. The molecule has 13 heavy (non-hydrogen) atoms. The molecule has 0 saturated carbocycles. The SMILES string of the molecule is CCCCCC[C@@H]1CCC=C[C@@H]1O. The fourth-order valence-corrected chi connectivity index (χ4v) is 2.02. The van der Waals surface area contributed by atoms with Gasteiger partial charge in [0.05, 0.1) is 6.10 Å².